The quantitative estimate of drug-likeness (QED) is 0.782. The molecule has 0 atom stereocenters. The summed E-state index contributed by atoms with van der Waals surface area (Å²) >= 11 is 0. The Labute approximate surface area is 82.3 Å². The Morgan fingerprint density at radius 1 is 1.08 bits per heavy atom. The van der Waals surface area contributed by atoms with Crippen LogP contribution in [0.5, 0.6) is 0 Å². The lowest BCUT2D eigenvalue weighted by molar-refractivity contribution is 1.39. The molecule has 0 saturated carbocycles. The molecule has 0 amide bonds. The highest BCUT2D eigenvalue weighted by molar-refractivity contribution is 8.30. The van der Waals surface area contributed by atoms with E-state index >= 15 is 0 Å². The summed E-state index contributed by atoms with van der Waals surface area (Å²) < 4.78 is 3.37. The van der Waals surface area contributed by atoms with Crippen molar-refractivity contribution in [2.45, 2.75) is 0 Å². The first kappa shape index (κ1) is 10.2. The number of hydrogen-bond acceptors (Lipinski definition) is 1. The minimum Gasteiger partial charge on any atom is -0.355 e. The van der Waals surface area contributed by atoms with E-state index in [0.717, 1.165) is 0 Å². The standard InChI is InChI=1S/C11H17NS/c1-13(2,3)12-10-9-11-7-5-4-6-8-11/h4-10,12H,1-3H3. The van der Waals surface area contributed by atoms with Gasteiger partial charge in [0.1, 0.15) is 0 Å². The van der Waals surface area contributed by atoms with Crippen molar-refractivity contribution >= 4 is 16.3 Å². The number of benzene rings is 1. The molecular formula is C11H17NS. The molecule has 0 aliphatic rings. The zero-order valence-electron chi connectivity index (χ0n) is 8.45. The van der Waals surface area contributed by atoms with Crippen molar-refractivity contribution in [3.63, 3.8) is 0 Å². The minimum atomic E-state index is -0.631. The molecular weight excluding hydrogens is 178 g/mol. The summed E-state index contributed by atoms with van der Waals surface area (Å²) in [6.45, 7) is 0. The summed E-state index contributed by atoms with van der Waals surface area (Å²) in [5.41, 5.74) is 1.23. The van der Waals surface area contributed by atoms with Gasteiger partial charge in [-0.05, 0) is 30.4 Å². The Bertz CT molecular complexity index is 272. The third-order valence-corrected chi connectivity index (χ3v) is 2.34. The second-order valence-corrected chi connectivity index (χ2v) is 7.61. The van der Waals surface area contributed by atoms with Gasteiger partial charge >= 0.3 is 0 Å². The van der Waals surface area contributed by atoms with E-state index in [1.807, 2.05) is 24.4 Å². The smallest absolute Gasteiger partial charge is 0.00620 e. The summed E-state index contributed by atoms with van der Waals surface area (Å²) in [6.07, 6.45) is 10.8. The third-order valence-electron chi connectivity index (χ3n) is 1.50. The molecule has 0 aromatic heterocycles. The Morgan fingerprint density at radius 2 is 1.69 bits per heavy atom. The van der Waals surface area contributed by atoms with Gasteiger partial charge in [-0.2, -0.15) is 10.2 Å². The number of hydrogen-bond donors (Lipinski definition) is 1. The maximum atomic E-state index is 3.37. The van der Waals surface area contributed by atoms with E-state index in [2.05, 4.69) is 41.7 Å². The summed E-state index contributed by atoms with van der Waals surface area (Å²) in [4.78, 5) is 0. The van der Waals surface area contributed by atoms with E-state index in [9.17, 15) is 0 Å². The lowest BCUT2D eigenvalue weighted by Crippen LogP contribution is -2.09. The largest absolute Gasteiger partial charge is 0.355 e. The molecule has 0 spiro atoms. The van der Waals surface area contributed by atoms with Crippen LogP contribution in [0.1, 0.15) is 5.56 Å². The van der Waals surface area contributed by atoms with Crippen molar-refractivity contribution in [1.29, 1.82) is 0 Å². The Hall–Kier alpha value is -0.890. The molecule has 72 valence electrons. The number of rotatable bonds is 3. The van der Waals surface area contributed by atoms with Gasteiger partial charge in [-0.1, -0.05) is 30.3 Å². The predicted octanol–water partition coefficient (Wildman–Crippen LogP) is 2.86. The molecule has 0 aliphatic carbocycles. The van der Waals surface area contributed by atoms with E-state index in [4.69, 9.17) is 0 Å². The van der Waals surface area contributed by atoms with Crippen LogP contribution in [0, 0.1) is 0 Å². The van der Waals surface area contributed by atoms with Crippen molar-refractivity contribution in [2.24, 2.45) is 0 Å². The van der Waals surface area contributed by atoms with Crippen molar-refractivity contribution in [2.75, 3.05) is 18.8 Å². The van der Waals surface area contributed by atoms with Gasteiger partial charge in [0.05, 0.1) is 0 Å². The fourth-order valence-electron chi connectivity index (χ4n) is 0.899. The van der Waals surface area contributed by atoms with Gasteiger partial charge in [-0.3, -0.25) is 0 Å². The van der Waals surface area contributed by atoms with Crippen LogP contribution in [0.25, 0.3) is 6.08 Å². The molecule has 0 bridgehead atoms. The minimum absolute atomic E-state index is 0.631. The summed E-state index contributed by atoms with van der Waals surface area (Å²) in [5.74, 6) is 0. The van der Waals surface area contributed by atoms with Gasteiger partial charge in [0, 0.05) is 6.20 Å². The molecule has 1 aromatic carbocycles. The fraction of sp³-hybridized carbons (Fsp3) is 0.273. The molecule has 0 unspecified atom stereocenters. The Morgan fingerprint density at radius 3 is 2.23 bits per heavy atom. The monoisotopic (exact) mass is 195 g/mol. The SMILES string of the molecule is CS(C)(C)NC=Cc1ccccc1. The first-order chi connectivity index (χ1) is 6.08. The second kappa shape index (κ2) is 4.38. The third kappa shape index (κ3) is 4.63. The highest BCUT2D eigenvalue weighted by Crippen LogP contribution is 2.28. The van der Waals surface area contributed by atoms with E-state index in [1.165, 1.54) is 5.56 Å². The van der Waals surface area contributed by atoms with Crippen LogP contribution in [0.2, 0.25) is 0 Å². The highest BCUT2D eigenvalue weighted by Gasteiger charge is 1.96. The van der Waals surface area contributed by atoms with Gasteiger partial charge < -0.3 is 4.72 Å². The van der Waals surface area contributed by atoms with Gasteiger partial charge in [0.2, 0.25) is 0 Å². The van der Waals surface area contributed by atoms with Crippen molar-refractivity contribution in [3.8, 4) is 0 Å². The zero-order valence-corrected chi connectivity index (χ0v) is 9.27. The molecule has 0 saturated heterocycles. The summed E-state index contributed by atoms with van der Waals surface area (Å²) in [7, 11) is -0.631. The normalized spacial score (nSPS) is 13.2. The molecule has 1 aromatic rings. The van der Waals surface area contributed by atoms with Crippen LogP contribution >= 0.6 is 10.2 Å². The fourth-order valence-corrected chi connectivity index (χ4v) is 1.37. The van der Waals surface area contributed by atoms with Crippen molar-refractivity contribution in [3.05, 3.63) is 42.1 Å². The summed E-state index contributed by atoms with van der Waals surface area (Å²) in [5, 5.41) is 0. The van der Waals surface area contributed by atoms with Crippen LogP contribution in [0.15, 0.2) is 36.5 Å². The Balaban J connectivity index is 2.51. The second-order valence-electron chi connectivity index (χ2n) is 3.70. The van der Waals surface area contributed by atoms with E-state index in [1.54, 1.807) is 0 Å². The molecule has 1 rings (SSSR count). The van der Waals surface area contributed by atoms with Gasteiger partial charge in [-0.25, -0.2) is 0 Å². The van der Waals surface area contributed by atoms with Crippen LogP contribution in [-0.2, 0) is 0 Å². The van der Waals surface area contributed by atoms with Crippen LogP contribution in [0.4, 0.5) is 0 Å². The number of nitrogens with one attached hydrogen (secondary N) is 1. The molecule has 1 nitrogen and oxygen atoms in total. The maximum Gasteiger partial charge on any atom is 0.00620 e. The summed E-state index contributed by atoms with van der Waals surface area (Å²) in [6, 6.07) is 10.3. The lowest BCUT2D eigenvalue weighted by Gasteiger charge is -2.25. The first-order valence-electron chi connectivity index (χ1n) is 4.25. The van der Waals surface area contributed by atoms with Crippen LogP contribution < -0.4 is 4.72 Å². The van der Waals surface area contributed by atoms with E-state index < -0.39 is 10.2 Å². The molecule has 0 fully saturated rings. The van der Waals surface area contributed by atoms with E-state index in [0.29, 0.717) is 0 Å². The Kier molecular flexibility index (Phi) is 3.43. The van der Waals surface area contributed by atoms with Gasteiger partial charge in [-0.15, -0.1) is 0 Å². The zero-order chi connectivity index (χ0) is 9.73. The maximum absolute atomic E-state index is 3.37. The molecule has 1 N–H and O–H groups in total. The van der Waals surface area contributed by atoms with Crippen molar-refractivity contribution < 1.29 is 0 Å². The molecule has 13 heavy (non-hydrogen) atoms. The molecule has 0 aliphatic heterocycles. The van der Waals surface area contributed by atoms with Gasteiger partial charge in [0.25, 0.3) is 0 Å². The first-order valence-corrected chi connectivity index (χ1v) is 7.11. The average molecular weight is 195 g/mol. The average Bonchev–Trinajstić information content (AvgIpc) is 2.04. The van der Waals surface area contributed by atoms with Gasteiger partial charge in [0.15, 0.2) is 0 Å². The highest BCUT2D eigenvalue weighted by atomic mass is 32.3. The molecule has 0 heterocycles. The topological polar surface area (TPSA) is 12.0 Å². The van der Waals surface area contributed by atoms with Crippen LogP contribution in [0.3, 0.4) is 0 Å². The molecule has 2 heteroatoms. The molecule has 0 radical (unpaired) electrons. The lowest BCUT2D eigenvalue weighted by atomic mass is 10.2. The predicted molar refractivity (Wildman–Crippen MR) is 64.0 cm³/mol. The van der Waals surface area contributed by atoms with Crippen molar-refractivity contribution in [1.82, 2.24) is 4.72 Å². The van der Waals surface area contributed by atoms with Crippen LogP contribution in [-0.4, -0.2) is 18.8 Å². The van der Waals surface area contributed by atoms with E-state index in [-0.39, 0.29) is 0 Å².